The maximum Gasteiger partial charge on any atom is 0.408 e. The van der Waals surface area contributed by atoms with Crippen LogP contribution < -0.4 is 0 Å². The average Bonchev–Trinajstić information content (AvgIpc) is 2.72. The molecule has 1 rings (SSSR count). The van der Waals surface area contributed by atoms with Gasteiger partial charge in [0.2, 0.25) is 0 Å². The van der Waals surface area contributed by atoms with E-state index in [2.05, 4.69) is 18.4 Å². The Balaban J connectivity index is 2.56. The van der Waals surface area contributed by atoms with Gasteiger partial charge < -0.3 is 5.11 Å². The summed E-state index contributed by atoms with van der Waals surface area (Å²) >= 11 is 1.48. The zero-order chi connectivity index (χ0) is 12.0. The van der Waals surface area contributed by atoms with E-state index in [1.54, 1.807) is 0 Å². The van der Waals surface area contributed by atoms with Crippen molar-refractivity contribution < 1.29 is 14.5 Å². The van der Waals surface area contributed by atoms with Gasteiger partial charge >= 0.3 is 11.0 Å². The number of carboxylic acids is 1. The average molecular weight is 244 g/mol. The third-order valence-electron chi connectivity index (χ3n) is 3.09. The van der Waals surface area contributed by atoms with Crippen LogP contribution >= 0.6 is 11.8 Å². The van der Waals surface area contributed by atoms with Crippen LogP contribution in [0.25, 0.3) is 0 Å². The van der Waals surface area contributed by atoms with Crippen LogP contribution in [0, 0.1) is 5.92 Å². The van der Waals surface area contributed by atoms with Crippen molar-refractivity contribution in [3.63, 3.8) is 0 Å². The largest absolute Gasteiger partial charge is 0.473 e. The first kappa shape index (κ1) is 13.6. The van der Waals surface area contributed by atoms with Crippen LogP contribution in [0.2, 0.25) is 0 Å². The highest BCUT2D eigenvalue weighted by atomic mass is 32.2. The van der Waals surface area contributed by atoms with Gasteiger partial charge in [0.15, 0.2) is 6.54 Å². The minimum absolute atomic E-state index is 0.551. The first-order chi connectivity index (χ1) is 7.69. The summed E-state index contributed by atoms with van der Waals surface area (Å²) in [6.07, 6.45) is 4.85. The molecule has 0 radical (unpaired) electrons. The highest BCUT2D eigenvalue weighted by Crippen LogP contribution is 2.18. The fourth-order valence-corrected chi connectivity index (χ4v) is 3.02. The normalized spacial score (nSPS) is 17.9. The highest BCUT2D eigenvalue weighted by Gasteiger charge is 2.30. The van der Waals surface area contributed by atoms with Gasteiger partial charge in [0.25, 0.3) is 0 Å². The van der Waals surface area contributed by atoms with Crippen molar-refractivity contribution in [3.05, 3.63) is 0 Å². The molecular formula is C12H22NO2S+. The fraction of sp³-hybridized carbons (Fsp3) is 0.833. The number of aliphatic carboxylic acids is 1. The molecule has 0 fully saturated rings. The molecule has 3 nitrogen and oxygen atoms in total. The van der Waals surface area contributed by atoms with E-state index >= 15 is 0 Å². The van der Waals surface area contributed by atoms with Crippen LogP contribution in [0.15, 0.2) is 0 Å². The molecule has 0 saturated heterocycles. The number of rotatable bonds is 7. The van der Waals surface area contributed by atoms with Gasteiger partial charge in [-0.25, -0.2) is 9.37 Å². The first-order valence-electron chi connectivity index (χ1n) is 6.17. The predicted octanol–water partition coefficient (Wildman–Crippen LogP) is 2.45. The van der Waals surface area contributed by atoms with E-state index in [4.69, 9.17) is 5.11 Å². The highest BCUT2D eigenvalue weighted by molar-refractivity contribution is 8.15. The molecule has 0 aromatic rings. The number of unbranched alkanes of at least 4 members (excludes halogenated alkanes) is 1. The summed E-state index contributed by atoms with van der Waals surface area (Å²) in [5, 5.41) is 9.60. The van der Waals surface area contributed by atoms with Crippen LogP contribution in [-0.4, -0.2) is 39.5 Å². The summed E-state index contributed by atoms with van der Waals surface area (Å²) in [6, 6.07) is 0. The van der Waals surface area contributed by atoms with Crippen molar-refractivity contribution in [3.8, 4) is 0 Å². The molecule has 0 bridgehead atoms. The molecule has 0 amide bonds. The van der Waals surface area contributed by atoms with Crippen molar-refractivity contribution in [2.24, 2.45) is 5.92 Å². The van der Waals surface area contributed by atoms with Crippen molar-refractivity contribution in [1.29, 1.82) is 0 Å². The first-order valence-corrected chi connectivity index (χ1v) is 7.15. The van der Waals surface area contributed by atoms with Gasteiger partial charge in [0.1, 0.15) is 6.54 Å². The molecule has 1 unspecified atom stereocenters. The number of hydrogen-bond donors (Lipinski definition) is 1. The Kier molecular flexibility index (Phi) is 5.88. The molecule has 1 N–H and O–H groups in total. The zero-order valence-corrected chi connectivity index (χ0v) is 11.1. The molecule has 1 atom stereocenters. The Morgan fingerprint density at radius 1 is 1.56 bits per heavy atom. The van der Waals surface area contributed by atoms with Gasteiger partial charge in [-0.1, -0.05) is 26.7 Å². The third kappa shape index (κ3) is 3.81. The van der Waals surface area contributed by atoms with Crippen LogP contribution in [0.3, 0.4) is 0 Å². The molecule has 1 heterocycles. The number of nitrogens with zero attached hydrogens (tertiary/aromatic N) is 1. The second-order valence-electron chi connectivity index (χ2n) is 4.32. The van der Waals surface area contributed by atoms with E-state index in [1.165, 1.54) is 31.0 Å². The predicted molar refractivity (Wildman–Crippen MR) is 68.4 cm³/mol. The van der Waals surface area contributed by atoms with E-state index in [9.17, 15) is 4.79 Å². The van der Waals surface area contributed by atoms with Gasteiger partial charge in [-0.05, 0) is 24.6 Å². The van der Waals surface area contributed by atoms with E-state index in [0.717, 1.165) is 25.3 Å². The van der Waals surface area contributed by atoms with Gasteiger partial charge in [-0.15, -0.1) is 0 Å². The monoisotopic (exact) mass is 244 g/mol. The number of carboxylic acid groups (broad SMARTS) is 1. The third-order valence-corrected chi connectivity index (χ3v) is 4.18. The second-order valence-corrected chi connectivity index (χ2v) is 5.40. The van der Waals surface area contributed by atoms with Crippen molar-refractivity contribution in [2.45, 2.75) is 39.5 Å². The van der Waals surface area contributed by atoms with Crippen molar-refractivity contribution in [2.75, 3.05) is 18.8 Å². The van der Waals surface area contributed by atoms with Crippen LogP contribution in [-0.2, 0) is 4.79 Å². The van der Waals surface area contributed by atoms with Gasteiger partial charge in [0, 0.05) is 5.92 Å². The minimum Gasteiger partial charge on any atom is -0.473 e. The molecule has 0 spiro atoms. The molecule has 1 aliphatic heterocycles. The smallest absolute Gasteiger partial charge is 0.408 e. The zero-order valence-electron chi connectivity index (χ0n) is 10.2. The van der Waals surface area contributed by atoms with Crippen LogP contribution in [0.5, 0.6) is 0 Å². The lowest BCUT2D eigenvalue weighted by atomic mass is 9.99. The summed E-state index contributed by atoms with van der Waals surface area (Å²) in [4.78, 5) is 11.0. The standard InChI is InChI=1S/C12H21NO2S/c1-3-5-6-10(4-2)9-13-7-8-16-11(13)12(14)15/h10H,3-9H2,1-2H3/p+1. The molecule has 0 aromatic carbocycles. The quantitative estimate of drug-likeness (QED) is 0.699. The van der Waals surface area contributed by atoms with E-state index in [-0.39, 0.29) is 0 Å². The Hall–Kier alpha value is -0.510. The second kappa shape index (κ2) is 6.94. The molecule has 1 aliphatic rings. The van der Waals surface area contributed by atoms with E-state index in [0.29, 0.717) is 11.0 Å². The summed E-state index contributed by atoms with van der Waals surface area (Å²) in [5.74, 6) is 0.812. The molecule has 16 heavy (non-hydrogen) atoms. The number of hydrogen-bond acceptors (Lipinski definition) is 2. The molecule has 0 aromatic heterocycles. The van der Waals surface area contributed by atoms with E-state index < -0.39 is 5.97 Å². The lowest BCUT2D eigenvalue weighted by molar-refractivity contribution is -0.524. The van der Waals surface area contributed by atoms with Gasteiger partial charge in [0.05, 0.1) is 5.75 Å². The van der Waals surface area contributed by atoms with Crippen LogP contribution in [0.1, 0.15) is 39.5 Å². The molecule has 0 saturated carbocycles. The van der Waals surface area contributed by atoms with Crippen LogP contribution in [0.4, 0.5) is 0 Å². The van der Waals surface area contributed by atoms with Gasteiger partial charge in [-0.3, -0.25) is 0 Å². The molecule has 92 valence electrons. The Morgan fingerprint density at radius 3 is 2.88 bits per heavy atom. The molecule has 0 aliphatic carbocycles. The van der Waals surface area contributed by atoms with Crippen molar-refractivity contribution in [1.82, 2.24) is 0 Å². The lowest BCUT2D eigenvalue weighted by Gasteiger charge is -2.11. The summed E-state index contributed by atoms with van der Waals surface area (Å²) in [7, 11) is 0. The summed E-state index contributed by atoms with van der Waals surface area (Å²) < 4.78 is 2.05. The minimum atomic E-state index is -0.757. The Labute approximate surface area is 102 Å². The Morgan fingerprint density at radius 2 is 2.31 bits per heavy atom. The number of carbonyl (C=O) groups is 1. The lowest BCUT2D eigenvalue weighted by Crippen LogP contribution is -2.26. The van der Waals surface area contributed by atoms with Gasteiger partial charge in [-0.2, -0.15) is 0 Å². The molecular weight excluding hydrogens is 222 g/mol. The summed E-state index contributed by atoms with van der Waals surface area (Å²) in [6.45, 7) is 6.22. The maximum absolute atomic E-state index is 11.0. The maximum atomic E-state index is 11.0. The number of thioether (sulfide) groups is 1. The topological polar surface area (TPSA) is 40.3 Å². The SMILES string of the molecule is CCCCC(CC)C[N+]1=C(C(=O)O)SCC1. The fourth-order valence-electron chi connectivity index (χ4n) is 2.05. The Bertz CT molecular complexity index is 276. The van der Waals surface area contributed by atoms with Crippen molar-refractivity contribution >= 4 is 22.8 Å². The summed E-state index contributed by atoms with van der Waals surface area (Å²) in [5.41, 5.74) is 0. The molecule has 4 heteroatoms. The van der Waals surface area contributed by atoms with E-state index in [1.807, 2.05) is 0 Å².